The van der Waals surface area contributed by atoms with Gasteiger partial charge in [-0.25, -0.2) is 0 Å². The number of hydrogen-bond donors (Lipinski definition) is 1. The highest BCUT2D eigenvalue weighted by Crippen LogP contribution is 2.17. The average Bonchev–Trinajstić information content (AvgIpc) is 2.95. The Morgan fingerprint density at radius 1 is 1.29 bits per heavy atom. The molecular weight excluding hydrogens is 445 g/mol. The lowest BCUT2D eigenvalue weighted by molar-refractivity contribution is 0.458. The number of hydrogen-bond acceptors (Lipinski definition) is 2. The number of guanidine groups is 1. The molecule has 1 aromatic heterocycles. The molecule has 1 heterocycles. The minimum atomic E-state index is 0. The van der Waals surface area contributed by atoms with Crippen molar-refractivity contribution in [2.24, 2.45) is 4.99 Å². The van der Waals surface area contributed by atoms with Gasteiger partial charge in [0.2, 0.25) is 0 Å². The van der Waals surface area contributed by atoms with Crippen molar-refractivity contribution < 1.29 is 4.42 Å². The van der Waals surface area contributed by atoms with E-state index >= 15 is 0 Å². The van der Waals surface area contributed by atoms with Crippen LogP contribution in [0.3, 0.4) is 0 Å². The summed E-state index contributed by atoms with van der Waals surface area (Å²) < 4.78 is 6.41. The van der Waals surface area contributed by atoms with E-state index in [0.717, 1.165) is 22.7 Å². The number of furan rings is 1. The molecule has 0 aliphatic heterocycles. The third-order valence-corrected chi connectivity index (χ3v) is 3.71. The van der Waals surface area contributed by atoms with Gasteiger partial charge in [-0.3, -0.25) is 4.99 Å². The van der Waals surface area contributed by atoms with Crippen LogP contribution < -0.4 is 5.32 Å². The number of aliphatic imine (C=N–C) groups is 1. The lowest BCUT2D eigenvalue weighted by Gasteiger charge is -2.22. The predicted molar refractivity (Wildman–Crippen MR) is 99.9 cm³/mol. The van der Waals surface area contributed by atoms with E-state index in [4.69, 9.17) is 4.42 Å². The molecule has 2 aromatic rings. The highest BCUT2D eigenvalue weighted by Gasteiger charge is 2.08. The smallest absolute Gasteiger partial charge is 0.194 e. The van der Waals surface area contributed by atoms with Crippen molar-refractivity contribution in [2.45, 2.75) is 13.1 Å². The first-order valence-corrected chi connectivity index (χ1v) is 7.17. The summed E-state index contributed by atoms with van der Waals surface area (Å²) in [5.74, 6) is 1.72. The van der Waals surface area contributed by atoms with Crippen LogP contribution in [-0.4, -0.2) is 25.0 Å². The molecule has 0 fully saturated rings. The zero-order chi connectivity index (χ0) is 14.4. The van der Waals surface area contributed by atoms with Crippen molar-refractivity contribution in [1.82, 2.24) is 10.2 Å². The first-order valence-electron chi connectivity index (χ1n) is 6.38. The summed E-state index contributed by atoms with van der Waals surface area (Å²) in [6.45, 7) is 1.40. The molecule has 0 radical (unpaired) electrons. The van der Waals surface area contributed by atoms with Crippen LogP contribution in [0.4, 0.5) is 0 Å². The number of benzene rings is 1. The van der Waals surface area contributed by atoms with Gasteiger partial charge in [-0.2, -0.15) is 0 Å². The van der Waals surface area contributed by atoms with Crippen molar-refractivity contribution in [2.75, 3.05) is 14.1 Å². The summed E-state index contributed by atoms with van der Waals surface area (Å²) in [6.07, 6.45) is 1.67. The summed E-state index contributed by atoms with van der Waals surface area (Å²) in [5.41, 5.74) is 1.22. The second kappa shape index (κ2) is 9.09. The molecule has 6 heteroatoms. The topological polar surface area (TPSA) is 40.8 Å². The van der Waals surface area contributed by atoms with Crippen molar-refractivity contribution >= 4 is 45.9 Å². The first kappa shape index (κ1) is 18.0. The Bertz CT molecular complexity index is 572. The maximum Gasteiger partial charge on any atom is 0.194 e. The van der Waals surface area contributed by atoms with Crippen molar-refractivity contribution in [3.8, 4) is 0 Å². The molecule has 114 valence electrons. The molecule has 0 aliphatic rings. The second-order valence-electron chi connectivity index (χ2n) is 4.43. The van der Waals surface area contributed by atoms with E-state index < -0.39 is 0 Å². The van der Waals surface area contributed by atoms with E-state index in [9.17, 15) is 0 Å². The van der Waals surface area contributed by atoms with Gasteiger partial charge in [0.1, 0.15) is 5.76 Å². The van der Waals surface area contributed by atoms with Gasteiger partial charge >= 0.3 is 0 Å². The van der Waals surface area contributed by atoms with Gasteiger partial charge in [0.25, 0.3) is 0 Å². The normalized spacial score (nSPS) is 10.9. The Labute approximate surface area is 150 Å². The number of nitrogens with zero attached hydrogens (tertiary/aromatic N) is 2. The standard InChI is InChI=1S/C15H18BrN3O.HI/c1-17-15(18-10-13-7-5-9-20-13)19(2)11-12-6-3-4-8-14(12)16;/h3-9H,10-11H2,1-2H3,(H,17,18);1H. The minimum Gasteiger partial charge on any atom is -0.467 e. The van der Waals surface area contributed by atoms with Gasteiger partial charge < -0.3 is 14.6 Å². The van der Waals surface area contributed by atoms with Gasteiger partial charge in [-0.1, -0.05) is 34.1 Å². The molecular formula is C15H19BrIN3O. The molecule has 21 heavy (non-hydrogen) atoms. The van der Waals surface area contributed by atoms with E-state index in [1.165, 1.54) is 5.56 Å². The van der Waals surface area contributed by atoms with Crippen LogP contribution in [0.2, 0.25) is 0 Å². The van der Waals surface area contributed by atoms with E-state index in [1.807, 2.05) is 37.4 Å². The second-order valence-corrected chi connectivity index (χ2v) is 5.28. The molecule has 2 rings (SSSR count). The fraction of sp³-hybridized carbons (Fsp3) is 0.267. The maximum atomic E-state index is 5.30. The van der Waals surface area contributed by atoms with Crippen molar-refractivity contribution in [1.29, 1.82) is 0 Å². The Hall–Kier alpha value is -1.02. The molecule has 0 amide bonds. The van der Waals surface area contributed by atoms with E-state index in [-0.39, 0.29) is 24.0 Å². The van der Waals surface area contributed by atoms with Gasteiger partial charge in [0.05, 0.1) is 12.8 Å². The zero-order valence-electron chi connectivity index (χ0n) is 12.0. The van der Waals surface area contributed by atoms with Crippen LogP contribution in [0.25, 0.3) is 0 Å². The molecule has 0 unspecified atom stereocenters. The van der Waals surface area contributed by atoms with Crippen molar-refractivity contribution in [3.63, 3.8) is 0 Å². The Kier molecular flexibility index (Phi) is 7.81. The number of rotatable bonds is 4. The molecule has 0 saturated heterocycles. The first-order chi connectivity index (χ1) is 9.70. The molecule has 0 atom stereocenters. The monoisotopic (exact) mass is 463 g/mol. The third kappa shape index (κ3) is 5.35. The van der Waals surface area contributed by atoms with Gasteiger partial charge in [-0.05, 0) is 23.8 Å². The van der Waals surface area contributed by atoms with Gasteiger partial charge in [0.15, 0.2) is 5.96 Å². The lowest BCUT2D eigenvalue weighted by Crippen LogP contribution is -2.38. The van der Waals surface area contributed by atoms with Crippen LogP contribution in [0.5, 0.6) is 0 Å². The summed E-state index contributed by atoms with van der Waals surface area (Å²) in [7, 11) is 3.79. The van der Waals surface area contributed by atoms with Gasteiger partial charge in [0, 0.05) is 25.1 Å². The zero-order valence-corrected chi connectivity index (χ0v) is 16.0. The number of halogens is 2. The molecule has 0 bridgehead atoms. The Balaban J connectivity index is 0.00000220. The third-order valence-electron chi connectivity index (χ3n) is 2.94. The summed E-state index contributed by atoms with van der Waals surface area (Å²) in [4.78, 5) is 6.36. The maximum absolute atomic E-state index is 5.30. The SMILES string of the molecule is CN=C(NCc1ccco1)N(C)Cc1ccccc1Br.I. The quantitative estimate of drug-likeness (QED) is 0.425. The molecule has 1 aromatic carbocycles. The molecule has 0 aliphatic carbocycles. The average molecular weight is 464 g/mol. The highest BCUT2D eigenvalue weighted by atomic mass is 127. The van der Waals surface area contributed by atoms with E-state index in [0.29, 0.717) is 6.54 Å². The van der Waals surface area contributed by atoms with Crippen LogP contribution in [-0.2, 0) is 13.1 Å². The van der Waals surface area contributed by atoms with Gasteiger partial charge in [-0.15, -0.1) is 24.0 Å². The molecule has 0 spiro atoms. The van der Waals surface area contributed by atoms with Crippen LogP contribution in [0.1, 0.15) is 11.3 Å². The van der Waals surface area contributed by atoms with Crippen molar-refractivity contribution in [3.05, 3.63) is 58.5 Å². The Morgan fingerprint density at radius 2 is 2.05 bits per heavy atom. The fourth-order valence-corrected chi connectivity index (χ4v) is 2.33. The predicted octanol–water partition coefficient (Wildman–Crippen LogP) is 3.87. The minimum absolute atomic E-state index is 0. The van der Waals surface area contributed by atoms with E-state index in [1.54, 1.807) is 13.3 Å². The Morgan fingerprint density at radius 3 is 2.67 bits per heavy atom. The lowest BCUT2D eigenvalue weighted by atomic mass is 10.2. The largest absolute Gasteiger partial charge is 0.467 e. The van der Waals surface area contributed by atoms with Crippen LogP contribution in [0, 0.1) is 0 Å². The highest BCUT2D eigenvalue weighted by molar-refractivity contribution is 14.0. The van der Waals surface area contributed by atoms with Crippen LogP contribution >= 0.6 is 39.9 Å². The molecule has 1 N–H and O–H groups in total. The summed E-state index contributed by atoms with van der Waals surface area (Å²) in [5, 5.41) is 3.28. The molecule has 0 saturated carbocycles. The summed E-state index contributed by atoms with van der Waals surface area (Å²) in [6, 6.07) is 12.0. The number of nitrogens with one attached hydrogen (secondary N) is 1. The fourth-order valence-electron chi connectivity index (χ4n) is 1.92. The summed E-state index contributed by atoms with van der Waals surface area (Å²) >= 11 is 3.56. The van der Waals surface area contributed by atoms with Crippen LogP contribution in [0.15, 0.2) is 56.5 Å². The van der Waals surface area contributed by atoms with E-state index in [2.05, 4.69) is 37.2 Å². The molecule has 4 nitrogen and oxygen atoms in total.